The molecule has 0 aliphatic carbocycles. The van der Waals surface area contributed by atoms with E-state index in [4.69, 9.17) is 0 Å². The number of sulfonamides is 1. The number of aromatic nitrogens is 1. The van der Waals surface area contributed by atoms with Crippen molar-refractivity contribution < 1.29 is 8.42 Å². The summed E-state index contributed by atoms with van der Waals surface area (Å²) in [5.74, 6) is 0. The molecule has 19 heavy (non-hydrogen) atoms. The fourth-order valence-corrected chi connectivity index (χ4v) is 3.37. The Labute approximate surface area is 117 Å². The van der Waals surface area contributed by atoms with Gasteiger partial charge in [0.2, 0.25) is 10.0 Å². The van der Waals surface area contributed by atoms with Crippen molar-refractivity contribution >= 4 is 21.4 Å². The number of benzene rings is 1. The lowest BCUT2D eigenvalue weighted by Crippen LogP contribution is -2.26. The predicted molar refractivity (Wildman–Crippen MR) is 76.9 cm³/mol. The summed E-state index contributed by atoms with van der Waals surface area (Å²) in [5.41, 5.74) is 2.06. The number of rotatable bonds is 5. The molecule has 0 aliphatic heterocycles. The number of nitrogens with one attached hydrogen (secondary N) is 1. The zero-order valence-corrected chi connectivity index (χ0v) is 12.5. The SMILES string of the molecule is Cc1ccc(S(=O)(=O)NCCc2nccs2)cc1C. The van der Waals surface area contributed by atoms with Gasteiger partial charge in [0.15, 0.2) is 0 Å². The molecule has 1 heterocycles. The van der Waals surface area contributed by atoms with Gasteiger partial charge in [0.1, 0.15) is 0 Å². The lowest BCUT2D eigenvalue weighted by atomic mass is 10.1. The van der Waals surface area contributed by atoms with Crippen molar-refractivity contribution in [3.63, 3.8) is 0 Å². The van der Waals surface area contributed by atoms with Gasteiger partial charge in [-0.15, -0.1) is 11.3 Å². The first-order chi connectivity index (χ1) is 8.99. The van der Waals surface area contributed by atoms with E-state index in [1.807, 2.05) is 25.3 Å². The van der Waals surface area contributed by atoms with Crippen LogP contribution in [0.2, 0.25) is 0 Å². The van der Waals surface area contributed by atoms with Crippen LogP contribution in [0.1, 0.15) is 16.1 Å². The average molecular weight is 296 g/mol. The van der Waals surface area contributed by atoms with Crippen LogP contribution in [0.5, 0.6) is 0 Å². The van der Waals surface area contributed by atoms with Crippen LogP contribution in [-0.4, -0.2) is 19.9 Å². The van der Waals surface area contributed by atoms with E-state index < -0.39 is 10.0 Å². The quantitative estimate of drug-likeness (QED) is 0.921. The van der Waals surface area contributed by atoms with E-state index in [9.17, 15) is 8.42 Å². The third-order valence-electron chi connectivity index (χ3n) is 2.90. The van der Waals surface area contributed by atoms with Crippen LogP contribution in [-0.2, 0) is 16.4 Å². The van der Waals surface area contributed by atoms with Gasteiger partial charge in [-0.2, -0.15) is 0 Å². The summed E-state index contributed by atoms with van der Waals surface area (Å²) in [6.07, 6.45) is 2.33. The normalized spacial score (nSPS) is 11.7. The van der Waals surface area contributed by atoms with Crippen molar-refractivity contribution in [3.8, 4) is 0 Å². The highest BCUT2D eigenvalue weighted by Crippen LogP contribution is 2.14. The smallest absolute Gasteiger partial charge is 0.240 e. The second kappa shape index (κ2) is 5.81. The van der Waals surface area contributed by atoms with E-state index in [0.717, 1.165) is 16.1 Å². The summed E-state index contributed by atoms with van der Waals surface area (Å²) in [6, 6.07) is 5.15. The Kier molecular flexibility index (Phi) is 4.34. The zero-order valence-electron chi connectivity index (χ0n) is 10.9. The van der Waals surface area contributed by atoms with E-state index in [0.29, 0.717) is 17.9 Å². The first kappa shape index (κ1) is 14.2. The van der Waals surface area contributed by atoms with Crippen molar-refractivity contribution in [2.45, 2.75) is 25.2 Å². The molecule has 0 amide bonds. The minimum Gasteiger partial charge on any atom is -0.250 e. The Morgan fingerprint density at radius 1 is 1.26 bits per heavy atom. The standard InChI is InChI=1S/C13H16N2O2S2/c1-10-3-4-12(9-11(10)2)19(16,17)15-6-5-13-14-7-8-18-13/h3-4,7-9,15H,5-6H2,1-2H3. The van der Waals surface area contributed by atoms with Gasteiger partial charge in [-0.1, -0.05) is 6.07 Å². The predicted octanol–water partition coefficient (Wildman–Crippen LogP) is 2.28. The Morgan fingerprint density at radius 2 is 2.05 bits per heavy atom. The van der Waals surface area contributed by atoms with Crippen molar-refractivity contribution in [2.75, 3.05) is 6.54 Å². The molecule has 0 radical (unpaired) electrons. The Balaban J connectivity index is 2.03. The minimum atomic E-state index is -3.43. The van der Waals surface area contributed by atoms with E-state index in [1.165, 1.54) is 11.3 Å². The van der Waals surface area contributed by atoms with E-state index in [2.05, 4.69) is 9.71 Å². The van der Waals surface area contributed by atoms with Crippen LogP contribution in [0.25, 0.3) is 0 Å². The minimum absolute atomic E-state index is 0.315. The number of thiazole rings is 1. The average Bonchev–Trinajstić information content (AvgIpc) is 2.85. The number of aryl methyl sites for hydroxylation is 2. The van der Waals surface area contributed by atoms with Gasteiger partial charge in [0, 0.05) is 24.5 Å². The maximum atomic E-state index is 12.1. The van der Waals surface area contributed by atoms with Gasteiger partial charge in [-0.25, -0.2) is 18.1 Å². The second-order valence-electron chi connectivity index (χ2n) is 4.32. The van der Waals surface area contributed by atoms with Gasteiger partial charge >= 0.3 is 0 Å². The number of nitrogens with zero attached hydrogens (tertiary/aromatic N) is 1. The summed E-state index contributed by atoms with van der Waals surface area (Å²) in [5, 5.41) is 2.82. The van der Waals surface area contributed by atoms with Crippen molar-refractivity contribution in [1.29, 1.82) is 0 Å². The Hall–Kier alpha value is -1.24. The molecular weight excluding hydrogens is 280 g/mol. The third-order valence-corrected chi connectivity index (χ3v) is 5.20. The number of hydrogen-bond donors (Lipinski definition) is 1. The molecule has 1 N–H and O–H groups in total. The molecule has 1 aromatic heterocycles. The highest BCUT2D eigenvalue weighted by atomic mass is 32.2. The fraction of sp³-hybridized carbons (Fsp3) is 0.308. The van der Waals surface area contributed by atoms with Gasteiger partial charge in [0.05, 0.1) is 9.90 Å². The lowest BCUT2D eigenvalue weighted by Gasteiger charge is -2.08. The molecule has 0 atom stereocenters. The molecule has 0 saturated heterocycles. The summed E-state index contributed by atoms with van der Waals surface area (Å²) in [4.78, 5) is 4.43. The van der Waals surface area contributed by atoms with E-state index in [-0.39, 0.29) is 0 Å². The van der Waals surface area contributed by atoms with Gasteiger partial charge < -0.3 is 0 Å². The van der Waals surface area contributed by atoms with Crippen molar-refractivity contribution in [1.82, 2.24) is 9.71 Å². The molecule has 0 fully saturated rings. The topological polar surface area (TPSA) is 59.1 Å². The largest absolute Gasteiger partial charge is 0.250 e. The fourth-order valence-electron chi connectivity index (χ4n) is 1.63. The lowest BCUT2D eigenvalue weighted by molar-refractivity contribution is 0.581. The van der Waals surface area contributed by atoms with E-state index in [1.54, 1.807) is 18.3 Å². The molecule has 0 saturated carbocycles. The highest BCUT2D eigenvalue weighted by molar-refractivity contribution is 7.89. The number of hydrogen-bond acceptors (Lipinski definition) is 4. The monoisotopic (exact) mass is 296 g/mol. The van der Waals surface area contributed by atoms with Crippen LogP contribution in [0.3, 0.4) is 0 Å². The molecule has 0 unspecified atom stereocenters. The van der Waals surface area contributed by atoms with Crippen LogP contribution < -0.4 is 4.72 Å². The molecule has 4 nitrogen and oxygen atoms in total. The van der Waals surface area contributed by atoms with Crippen LogP contribution >= 0.6 is 11.3 Å². The molecule has 0 bridgehead atoms. The second-order valence-corrected chi connectivity index (χ2v) is 7.07. The van der Waals surface area contributed by atoms with Crippen molar-refractivity contribution in [3.05, 3.63) is 45.9 Å². The van der Waals surface area contributed by atoms with Gasteiger partial charge in [-0.3, -0.25) is 0 Å². The van der Waals surface area contributed by atoms with Gasteiger partial charge in [-0.05, 0) is 37.1 Å². The molecule has 2 rings (SSSR count). The van der Waals surface area contributed by atoms with E-state index >= 15 is 0 Å². The zero-order chi connectivity index (χ0) is 13.9. The summed E-state index contributed by atoms with van der Waals surface area (Å²) in [6.45, 7) is 4.23. The molecule has 1 aromatic carbocycles. The maximum absolute atomic E-state index is 12.1. The molecule has 2 aromatic rings. The Morgan fingerprint density at radius 3 is 2.68 bits per heavy atom. The van der Waals surface area contributed by atoms with Crippen molar-refractivity contribution in [2.24, 2.45) is 0 Å². The third kappa shape index (κ3) is 3.62. The van der Waals surface area contributed by atoms with Crippen LogP contribution in [0.15, 0.2) is 34.7 Å². The summed E-state index contributed by atoms with van der Waals surface area (Å²) < 4.78 is 26.8. The summed E-state index contributed by atoms with van der Waals surface area (Å²) in [7, 11) is -3.43. The maximum Gasteiger partial charge on any atom is 0.240 e. The molecular formula is C13H16N2O2S2. The summed E-state index contributed by atoms with van der Waals surface area (Å²) >= 11 is 1.53. The van der Waals surface area contributed by atoms with Crippen LogP contribution in [0.4, 0.5) is 0 Å². The first-order valence-electron chi connectivity index (χ1n) is 5.94. The molecule has 0 aliphatic rings. The highest BCUT2D eigenvalue weighted by Gasteiger charge is 2.14. The molecule has 102 valence electrons. The molecule has 6 heteroatoms. The molecule has 0 spiro atoms. The van der Waals surface area contributed by atoms with Crippen LogP contribution in [0, 0.1) is 13.8 Å². The first-order valence-corrected chi connectivity index (χ1v) is 8.30. The Bertz CT molecular complexity index is 649. The van der Waals surface area contributed by atoms with Gasteiger partial charge in [0.25, 0.3) is 0 Å².